The van der Waals surface area contributed by atoms with Gasteiger partial charge in [0.2, 0.25) is 11.8 Å². The van der Waals surface area contributed by atoms with Gasteiger partial charge in [-0.2, -0.15) is 0 Å². The molecule has 8 heteroatoms. The Bertz CT molecular complexity index is 1400. The van der Waals surface area contributed by atoms with Gasteiger partial charge < -0.3 is 10.2 Å². The van der Waals surface area contributed by atoms with Crippen LogP contribution in [0.25, 0.3) is 10.8 Å². The zero-order valence-electron chi connectivity index (χ0n) is 21.7. The molecule has 0 aromatic heterocycles. The molecule has 7 nitrogen and oxygen atoms in total. The number of sulfonamides is 1. The van der Waals surface area contributed by atoms with Crippen molar-refractivity contribution in [1.82, 2.24) is 10.2 Å². The number of anilines is 1. The van der Waals surface area contributed by atoms with E-state index in [0.717, 1.165) is 28.3 Å². The summed E-state index contributed by atoms with van der Waals surface area (Å²) in [6.45, 7) is 6.97. The van der Waals surface area contributed by atoms with Crippen LogP contribution >= 0.6 is 0 Å². The minimum absolute atomic E-state index is 0.141. The second-order valence-corrected chi connectivity index (χ2v) is 11.3. The van der Waals surface area contributed by atoms with Crippen molar-refractivity contribution in [3.8, 4) is 0 Å². The number of carbonyl (C=O) groups excluding carboxylic acids is 2. The highest BCUT2D eigenvalue weighted by Gasteiger charge is 2.35. The number of benzene rings is 3. The Kier molecular flexibility index (Phi) is 8.17. The third-order valence-corrected chi connectivity index (χ3v) is 8.83. The van der Waals surface area contributed by atoms with E-state index in [1.54, 1.807) is 17.0 Å². The summed E-state index contributed by atoms with van der Waals surface area (Å²) in [4.78, 5) is 28.5. The molecule has 4 rings (SSSR count). The molecule has 3 aromatic rings. The van der Waals surface area contributed by atoms with Crippen LogP contribution in [0.3, 0.4) is 0 Å². The van der Waals surface area contributed by atoms with Crippen LogP contribution in [-0.2, 0) is 26.2 Å². The van der Waals surface area contributed by atoms with E-state index in [1.807, 2.05) is 69.3 Å². The fourth-order valence-electron chi connectivity index (χ4n) is 4.97. The van der Waals surface area contributed by atoms with Gasteiger partial charge in [-0.25, -0.2) is 8.42 Å². The average molecular weight is 522 g/mol. The molecule has 1 N–H and O–H groups in total. The Morgan fingerprint density at radius 2 is 1.73 bits per heavy atom. The second-order valence-electron chi connectivity index (χ2n) is 9.48. The molecular formula is C29H35N3O4S. The van der Waals surface area contributed by atoms with E-state index in [4.69, 9.17) is 0 Å². The summed E-state index contributed by atoms with van der Waals surface area (Å²) in [5, 5.41) is 4.54. The van der Waals surface area contributed by atoms with Crippen LogP contribution < -0.4 is 9.62 Å². The molecule has 0 radical (unpaired) electrons. The van der Waals surface area contributed by atoms with Crippen LogP contribution in [-0.4, -0.2) is 44.3 Å². The number of nitrogens with zero attached hydrogens (tertiary/aromatic N) is 2. The van der Waals surface area contributed by atoms with Gasteiger partial charge in [0.1, 0.15) is 6.04 Å². The highest BCUT2D eigenvalue weighted by Crippen LogP contribution is 2.42. The largest absolute Gasteiger partial charge is 0.354 e. The maximum atomic E-state index is 13.6. The first-order valence-electron chi connectivity index (χ1n) is 13.0. The maximum Gasteiger partial charge on any atom is 0.265 e. The van der Waals surface area contributed by atoms with Crippen molar-refractivity contribution in [3.63, 3.8) is 0 Å². The lowest BCUT2D eigenvalue weighted by Gasteiger charge is -2.31. The number of aryl methyl sites for hydroxylation is 1. The lowest BCUT2D eigenvalue weighted by Crippen LogP contribution is -2.49. The highest BCUT2D eigenvalue weighted by molar-refractivity contribution is 7.93. The third kappa shape index (κ3) is 5.34. The standard InChI is InChI=1S/C29H35N3O4S/c1-4-18-30-29(34)24(5-2)31(20-23-12-7-6-11-21(23)3)27(33)17-10-19-32-25-15-8-13-22-14-9-16-26(28(22)25)37(32,35)36/h6-9,11-16,24H,4-5,10,17-20H2,1-3H3,(H,30,34). The summed E-state index contributed by atoms with van der Waals surface area (Å²) in [6, 6.07) is 18.1. The Labute approximate surface area is 219 Å². The van der Waals surface area contributed by atoms with Gasteiger partial charge in [0.05, 0.1) is 10.6 Å². The lowest BCUT2D eigenvalue weighted by molar-refractivity contribution is -0.141. The molecule has 37 heavy (non-hydrogen) atoms. The molecule has 196 valence electrons. The summed E-state index contributed by atoms with van der Waals surface area (Å²) >= 11 is 0. The summed E-state index contributed by atoms with van der Waals surface area (Å²) in [6.07, 6.45) is 1.79. The summed E-state index contributed by atoms with van der Waals surface area (Å²) < 4.78 is 28.0. The molecule has 0 saturated heterocycles. The highest BCUT2D eigenvalue weighted by atomic mass is 32.2. The van der Waals surface area contributed by atoms with Gasteiger partial charge in [0.15, 0.2) is 0 Å². The fraction of sp³-hybridized carbons (Fsp3) is 0.379. The SMILES string of the molecule is CCCNC(=O)C(CC)N(Cc1ccccc1C)C(=O)CCCN1c2cccc3cccc(c23)S1(=O)=O. The maximum absolute atomic E-state index is 13.6. The number of rotatable bonds is 11. The van der Waals surface area contributed by atoms with E-state index in [1.165, 1.54) is 4.31 Å². The minimum Gasteiger partial charge on any atom is -0.354 e. The van der Waals surface area contributed by atoms with E-state index < -0.39 is 16.1 Å². The topological polar surface area (TPSA) is 86.8 Å². The van der Waals surface area contributed by atoms with Crippen molar-refractivity contribution in [3.05, 3.63) is 71.8 Å². The normalized spacial score (nSPS) is 14.5. The Morgan fingerprint density at radius 1 is 1.00 bits per heavy atom. The van der Waals surface area contributed by atoms with Crippen LogP contribution in [0.1, 0.15) is 50.7 Å². The van der Waals surface area contributed by atoms with Gasteiger partial charge in [0, 0.05) is 31.4 Å². The quantitative estimate of drug-likeness (QED) is 0.394. The first kappa shape index (κ1) is 26.7. The smallest absolute Gasteiger partial charge is 0.265 e. The first-order chi connectivity index (χ1) is 17.8. The zero-order valence-corrected chi connectivity index (χ0v) is 22.6. The van der Waals surface area contributed by atoms with Gasteiger partial charge in [-0.3, -0.25) is 13.9 Å². The zero-order chi connectivity index (χ0) is 26.6. The Hall–Kier alpha value is -3.39. The number of hydrogen-bond acceptors (Lipinski definition) is 4. The van der Waals surface area contributed by atoms with E-state index in [2.05, 4.69) is 5.32 Å². The van der Waals surface area contributed by atoms with Gasteiger partial charge in [-0.05, 0) is 54.8 Å². The number of nitrogens with one attached hydrogen (secondary N) is 1. The Balaban J connectivity index is 1.52. The predicted molar refractivity (Wildman–Crippen MR) is 147 cm³/mol. The lowest BCUT2D eigenvalue weighted by atomic mass is 10.0. The molecule has 0 saturated carbocycles. The predicted octanol–water partition coefficient (Wildman–Crippen LogP) is 4.77. The van der Waals surface area contributed by atoms with Gasteiger partial charge in [-0.15, -0.1) is 0 Å². The third-order valence-electron chi connectivity index (χ3n) is 6.97. The summed E-state index contributed by atoms with van der Waals surface area (Å²) in [5.41, 5.74) is 2.70. The molecule has 3 aromatic carbocycles. The molecule has 1 aliphatic rings. The first-order valence-corrected chi connectivity index (χ1v) is 14.4. The van der Waals surface area contributed by atoms with Gasteiger partial charge >= 0.3 is 0 Å². The molecule has 1 unspecified atom stereocenters. The van der Waals surface area contributed by atoms with E-state index in [9.17, 15) is 18.0 Å². The van der Waals surface area contributed by atoms with Crippen LogP contribution in [0.4, 0.5) is 5.69 Å². The molecular weight excluding hydrogens is 486 g/mol. The van der Waals surface area contributed by atoms with Crippen molar-refractivity contribution < 1.29 is 18.0 Å². The van der Waals surface area contributed by atoms with E-state index >= 15 is 0 Å². The molecule has 0 fully saturated rings. The molecule has 1 atom stereocenters. The van der Waals surface area contributed by atoms with Crippen molar-refractivity contribution in [1.29, 1.82) is 0 Å². The molecule has 1 heterocycles. The molecule has 2 amide bonds. The van der Waals surface area contributed by atoms with Crippen molar-refractivity contribution >= 4 is 38.3 Å². The van der Waals surface area contributed by atoms with Crippen LogP contribution in [0.2, 0.25) is 0 Å². The van der Waals surface area contributed by atoms with E-state index in [-0.39, 0.29) is 24.8 Å². The molecule has 1 aliphatic heterocycles. The van der Waals surface area contributed by atoms with Crippen LogP contribution in [0.5, 0.6) is 0 Å². The van der Waals surface area contributed by atoms with Crippen LogP contribution in [0, 0.1) is 6.92 Å². The number of hydrogen-bond donors (Lipinski definition) is 1. The monoisotopic (exact) mass is 521 g/mol. The van der Waals surface area contributed by atoms with Crippen molar-refractivity contribution in [2.75, 3.05) is 17.4 Å². The molecule has 0 aliphatic carbocycles. The molecule has 0 bridgehead atoms. The molecule has 0 spiro atoms. The number of carbonyl (C=O) groups is 2. The number of amides is 2. The Morgan fingerprint density at radius 3 is 2.43 bits per heavy atom. The second kappa shape index (κ2) is 11.3. The van der Waals surface area contributed by atoms with Crippen molar-refractivity contribution in [2.45, 2.75) is 63.9 Å². The summed E-state index contributed by atoms with van der Waals surface area (Å²) in [7, 11) is -3.67. The van der Waals surface area contributed by atoms with E-state index in [0.29, 0.717) is 36.5 Å². The summed E-state index contributed by atoms with van der Waals surface area (Å²) in [5.74, 6) is -0.315. The van der Waals surface area contributed by atoms with Crippen molar-refractivity contribution in [2.24, 2.45) is 0 Å². The van der Waals surface area contributed by atoms with Gasteiger partial charge in [0.25, 0.3) is 10.0 Å². The fourth-order valence-corrected chi connectivity index (χ4v) is 6.72. The minimum atomic E-state index is -3.67. The van der Waals surface area contributed by atoms with Gasteiger partial charge in [-0.1, -0.05) is 62.4 Å². The van der Waals surface area contributed by atoms with Crippen LogP contribution in [0.15, 0.2) is 65.6 Å². The average Bonchev–Trinajstić information content (AvgIpc) is 3.11.